The van der Waals surface area contributed by atoms with E-state index >= 15 is 0 Å². The molecule has 3 N–H and O–H groups in total. The first-order valence-electron chi connectivity index (χ1n) is 38.8. The Morgan fingerprint density at radius 2 is 0.618 bits per heavy atom. The Morgan fingerprint density at radius 3 is 0.921 bits per heavy atom. The second-order valence-corrected chi connectivity index (χ2v) is 27.7. The maximum Gasteiger partial charge on any atom is 0.472 e. The van der Waals surface area contributed by atoms with Gasteiger partial charge in [0.05, 0.1) is 13.2 Å². The van der Waals surface area contributed by atoms with Crippen LogP contribution in [-0.4, -0.2) is 49.3 Å². The number of unbranched alkanes of at least 4 members (excludes halogenated alkanes) is 51. The number of esters is 2. The summed E-state index contributed by atoms with van der Waals surface area (Å²) < 4.78 is 33.3. The molecule has 0 aliphatic carbocycles. The number of hydrogen-bond donors (Lipinski definition) is 2. The molecule has 0 amide bonds. The first-order chi connectivity index (χ1) is 43.8. The summed E-state index contributed by atoms with van der Waals surface area (Å²) in [5.74, 6) is -0.803. The predicted octanol–water partition coefficient (Wildman–Crippen LogP) is 25.8. The summed E-state index contributed by atoms with van der Waals surface area (Å²) in [6.45, 7) is 3.71. The summed E-state index contributed by atoms with van der Waals surface area (Å²) in [6, 6.07) is 0. The Hall–Kier alpha value is -2.29. The topological polar surface area (TPSA) is 134 Å². The highest BCUT2D eigenvalue weighted by Crippen LogP contribution is 2.43. The molecule has 522 valence electrons. The average Bonchev–Trinajstić information content (AvgIpc) is 3.68. The van der Waals surface area contributed by atoms with Crippen LogP contribution in [0.1, 0.15) is 399 Å². The summed E-state index contributed by atoms with van der Waals surface area (Å²) in [6.07, 6.45) is 97.8. The lowest BCUT2D eigenvalue weighted by Crippen LogP contribution is -2.29. The van der Waals surface area contributed by atoms with Gasteiger partial charge in [0.1, 0.15) is 6.61 Å². The van der Waals surface area contributed by atoms with E-state index in [0.29, 0.717) is 6.42 Å². The number of hydrogen-bond acceptors (Lipinski definition) is 8. The van der Waals surface area contributed by atoms with Crippen LogP contribution in [0.25, 0.3) is 0 Å². The van der Waals surface area contributed by atoms with Gasteiger partial charge in [-0.25, -0.2) is 4.57 Å². The Balaban J connectivity index is 3.77. The highest BCUT2D eigenvalue weighted by Gasteiger charge is 2.26. The molecule has 0 saturated carbocycles. The summed E-state index contributed by atoms with van der Waals surface area (Å²) in [7, 11) is -4.39. The van der Waals surface area contributed by atoms with Crippen LogP contribution in [0.2, 0.25) is 0 Å². The summed E-state index contributed by atoms with van der Waals surface area (Å²) in [5.41, 5.74) is 5.41. The largest absolute Gasteiger partial charge is 0.472 e. The summed E-state index contributed by atoms with van der Waals surface area (Å²) in [5, 5.41) is 0. The van der Waals surface area contributed by atoms with Crippen molar-refractivity contribution in [2.24, 2.45) is 5.73 Å². The molecule has 0 fully saturated rings. The van der Waals surface area contributed by atoms with Gasteiger partial charge in [0, 0.05) is 19.4 Å². The van der Waals surface area contributed by atoms with Gasteiger partial charge in [-0.3, -0.25) is 18.6 Å². The van der Waals surface area contributed by atoms with Gasteiger partial charge in [-0.1, -0.05) is 389 Å². The van der Waals surface area contributed by atoms with E-state index < -0.39 is 26.5 Å². The molecule has 0 bridgehead atoms. The minimum atomic E-state index is -4.39. The quantitative estimate of drug-likeness (QED) is 0.0264. The Kier molecular flexibility index (Phi) is 72.8. The summed E-state index contributed by atoms with van der Waals surface area (Å²) >= 11 is 0. The normalized spacial score (nSPS) is 13.2. The molecule has 0 aliphatic rings. The van der Waals surface area contributed by atoms with E-state index in [1.807, 2.05) is 0 Å². The molecule has 0 rings (SSSR count). The highest BCUT2D eigenvalue weighted by atomic mass is 31.2. The lowest BCUT2D eigenvalue weighted by molar-refractivity contribution is -0.161. The van der Waals surface area contributed by atoms with Crippen LogP contribution in [0.4, 0.5) is 0 Å². The Bertz CT molecular complexity index is 1640. The third kappa shape index (κ3) is 74.6. The van der Waals surface area contributed by atoms with Crippen LogP contribution in [-0.2, 0) is 32.7 Å². The fraction of sp³-hybridized carbons (Fsp3) is 0.848. The zero-order valence-electron chi connectivity index (χ0n) is 58.9. The number of carbonyl (C=O) groups is 2. The third-order valence-electron chi connectivity index (χ3n) is 17.4. The average molecular weight is 1270 g/mol. The molecule has 2 atom stereocenters. The predicted molar refractivity (Wildman–Crippen MR) is 386 cm³/mol. The number of rotatable bonds is 74. The van der Waals surface area contributed by atoms with Crippen molar-refractivity contribution in [1.29, 1.82) is 0 Å². The maximum absolute atomic E-state index is 12.8. The van der Waals surface area contributed by atoms with E-state index in [1.165, 1.54) is 302 Å². The number of allylic oxidation sites excluding steroid dienone is 10. The van der Waals surface area contributed by atoms with Gasteiger partial charge in [0.2, 0.25) is 0 Å². The first-order valence-corrected chi connectivity index (χ1v) is 40.3. The van der Waals surface area contributed by atoms with Gasteiger partial charge in [-0.05, 0) is 57.8 Å². The number of ether oxygens (including phenoxy) is 2. The van der Waals surface area contributed by atoms with Crippen molar-refractivity contribution >= 4 is 19.8 Å². The zero-order chi connectivity index (χ0) is 64.4. The number of carbonyl (C=O) groups excluding carboxylic acids is 2. The van der Waals surface area contributed by atoms with Gasteiger partial charge in [-0.15, -0.1) is 0 Å². The number of phosphoric acid groups is 1. The molecule has 10 heteroatoms. The van der Waals surface area contributed by atoms with Crippen LogP contribution >= 0.6 is 7.82 Å². The van der Waals surface area contributed by atoms with Gasteiger partial charge < -0.3 is 20.1 Å². The minimum absolute atomic E-state index is 0.0557. The molecule has 0 heterocycles. The van der Waals surface area contributed by atoms with Crippen molar-refractivity contribution < 1.29 is 37.6 Å². The second-order valence-electron chi connectivity index (χ2n) is 26.2. The SMILES string of the molecule is CC/C=C\C/C=C\C/C=C\C/C=C\C/C=C\CCCCCCCCCCCCCCCCCCCCCCCC(=O)OC(COC(=O)CCCCCCCCCCCCCCCCCCCCCCCCCCCCCCCCC)COP(=O)(O)OCCN. The zero-order valence-corrected chi connectivity index (χ0v) is 59.8. The van der Waals surface area contributed by atoms with Gasteiger partial charge >= 0.3 is 19.8 Å². The first kappa shape index (κ1) is 86.7. The third-order valence-corrected chi connectivity index (χ3v) is 18.4. The Morgan fingerprint density at radius 1 is 0.348 bits per heavy atom. The van der Waals surface area contributed by atoms with Crippen molar-refractivity contribution in [3.63, 3.8) is 0 Å². The fourth-order valence-electron chi connectivity index (χ4n) is 11.7. The molecule has 0 saturated heterocycles. The minimum Gasteiger partial charge on any atom is -0.462 e. The molecule has 0 aromatic heterocycles. The number of nitrogens with two attached hydrogens (primary N) is 1. The number of phosphoric ester groups is 1. The van der Waals surface area contributed by atoms with Gasteiger partial charge in [0.15, 0.2) is 6.10 Å². The van der Waals surface area contributed by atoms with Crippen LogP contribution in [0.15, 0.2) is 60.8 Å². The van der Waals surface area contributed by atoms with Crippen molar-refractivity contribution in [2.75, 3.05) is 26.4 Å². The molecular weight excluding hydrogens is 1120 g/mol. The van der Waals surface area contributed by atoms with E-state index in [0.717, 1.165) is 64.2 Å². The second kappa shape index (κ2) is 74.7. The van der Waals surface area contributed by atoms with Crippen LogP contribution < -0.4 is 5.73 Å². The van der Waals surface area contributed by atoms with Crippen LogP contribution in [0, 0.1) is 0 Å². The molecule has 0 aromatic rings. The molecule has 0 aromatic carbocycles. The molecule has 89 heavy (non-hydrogen) atoms. The maximum atomic E-state index is 12.8. The van der Waals surface area contributed by atoms with Crippen molar-refractivity contribution in [1.82, 2.24) is 0 Å². The molecule has 9 nitrogen and oxygen atoms in total. The van der Waals surface area contributed by atoms with Crippen molar-refractivity contribution in [3.05, 3.63) is 60.8 Å². The van der Waals surface area contributed by atoms with Crippen LogP contribution in [0.3, 0.4) is 0 Å². The standard InChI is InChI=1S/C79H148NO8P/c1-3-5-7-9-11-13-15-17-19-21-23-25-27-29-31-33-35-36-37-38-39-40-42-44-46-48-50-52-54-56-58-60-62-64-66-68-70-72-79(82)88-77(76-87-89(83,84)86-74-73-80)75-85-78(81)71-69-67-65-63-61-59-57-55-53-51-49-47-45-43-41-34-32-30-28-26-24-22-20-18-16-14-12-10-8-6-4-2/h5,7,11,13,17,19,23,25,29,31,77H,3-4,6,8-10,12,14-16,18,20-22,24,26-28,30,32-76,80H2,1-2H3,(H,83,84)/b7-5-,13-11-,19-17-,25-23-,31-29-. The molecule has 0 radical (unpaired) electrons. The highest BCUT2D eigenvalue weighted by molar-refractivity contribution is 7.47. The van der Waals surface area contributed by atoms with Gasteiger partial charge in [-0.2, -0.15) is 0 Å². The van der Waals surface area contributed by atoms with Crippen LogP contribution in [0.5, 0.6) is 0 Å². The summed E-state index contributed by atoms with van der Waals surface area (Å²) in [4.78, 5) is 35.4. The monoisotopic (exact) mass is 1270 g/mol. The molecule has 0 aliphatic heterocycles. The van der Waals surface area contributed by atoms with E-state index in [2.05, 4.69) is 74.6 Å². The van der Waals surface area contributed by atoms with E-state index in [1.54, 1.807) is 0 Å². The van der Waals surface area contributed by atoms with Crippen molar-refractivity contribution in [2.45, 2.75) is 405 Å². The van der Waals surface area contributed by atoms with E-state index in [4.69, 9.17) is 24.3 Å². The van der Waals surface area contributed by atoms with Crippen molar-refractivity contribution in [3.8, 4) is 0 Å². The smallest absolute Gasteiger partial charge is 0.462 e. The molecule has 2 unspecified atom stereocenters. The lowest BCUT2D eigenvalue weighted by atomic mass is 10.0. The fourth-order valence-corrected chi connectivity index (χ4v) is 12.5. The van der Waals surface area contributed by atoms with Gasteiger partial charge in [0.25, 0.3) is 0 Å². The Labute approximate surface area is 552 Å². The van der Waals surface area contributed by atoms with E-state index in [9.17, 15) is 19.0 Å². The lowest BCUT2D eigenvalue weighted by Gasteiger charge is -2.19. The van der Waals surface area contributed by atoms with E-state index in [-0.39, 0.29) is 38.6 Å². The molecular formula is C79H148NO8P. The molecule has 0 spiro atoms.